The number of hydrogen-bond donors (Lipinski definition) is 1. The Morgan fingerprint density at radius 1 is 1.17 bits per heavy atom. The molecule has 0 radical (unpaired) electrons. The van der Waals surface area contributed by atoms with Crippen LogP contribution < -0.4 is 5.32 Å². The molecule has 4 amide bonds. The van der Waals surface area contributed by atoms with E-state index >= 15 is 0 Å². The maximum Gasteiger partial charge on any atom is 0.331 e. The second-order valence-corrected chi connectivity index (χ2v) is 7.64. The molecule has 1 aromatic carbocycles. The molecule has 0 bridgehead atoms. The molecule has 1 aliphatic heterocycles. The summed E-state index contributed by atoms with van der Waals surface area (Å²) in [5.74, 6) is -1.24. The molecule has 30 heavy (non-hydrogen) atoms. The maximum atomic E-state index is 12.9. The molecule has 1 saturated heterocycles. The van der Waals surface area contributed by atoms with Crippen molar-refractivity contribution in [2.75, 3.05) is 6.54 Å². The number of para-hydroxylation sites is 1. The predicted molar refractivity (Wildman–Crippen MR) is 113 cm³/mol. The van der Waals surface area contributed by atoms with Crippen LogP contribution >= 0.6 is 0 Å². The van der Waals surface area contributed by atoms with E-state index in [1.54, 1.807) is 17.1 Å². The van der Waals surface area contributed by atoms with Gasteiger partial charge in [0.05, 0.1) is 11.9 Å². The van der Waals surface area contributed by atoms with Crippen LogP contribution in [0.4, 0.5) is 4.79 Å². The van der Waals surface area contributed by atoms with E-state index in [1.165, 1.54) is 18.1 Å². The van der Waals surface area contributed by atoms with E-state index in [-0.39, 0.29) is 12.1 Å². The van der Waals surface area contributed by atoms with Crippen molar-refractivity contribution in [3.63, 3.8) is 0 Å². The highest BCUT2D eigenvalue weighted by atomic mass is 16.2. The minimum Gasteiger partial charge on any atom is -0.273 e. The van der Waals surface area contributed by atoms with Gasteiger partial charge in [-0.2, -0.15) is 5.10 Å². The zero-order valence-electron chi connectivity index (χ0n) is 16.9. The van der Waals surface area contributed by atoms with Crippen LogP contribution in [0.15, 0.2) is 53.9 Å². The number of imide groups is 2. The van der Waals surface area contributed by atoms with Crippen LogP contribution in [-0.2, 0) is 9.59 Å². The number of aromatic nitrogens is 2. The van der Waals surface area contributed by atoms with Crippen molar-refractivity contribution in [1.82, 2.24) is 20.0 Å². The summed E-state index contributed by atoms with van der Waals surface area (Å²) < 4.78 is 1.70. The molecule has 2 aromatic rings. The Bertz CT molecular complexity index is 1060. The SMILES string of the molecule is Cc1ccccc1-n1cc(/C=C2\C(=O)NC(=O)N(CCC3=CCCCC3)C2=O)cn1. The number of barbiturate groups is 1. The fourth-order valence-corrected chi connectivity index (χ4v) is 3.81. The van der Waals surface area contributed by atoms with E-state index in [9.17, 15) is 14.4 Å². The number of nitrogens with zero attached hydrogens (tertiary/aromatic N) is 3. The number of allylic oxidation sites excluding steroid dienone is 1. The molecular weight excluding hydrogens is 380 g/mol. The standard InChI is InChI=1S/C23H24N4O3/c1-16-7-5-6-10-20(16)27-15-18(14-24-27)13-19-21(28)25-23(30)26(22(19)29)12-11-17-8-3-2-4-9-17/h5-8,10,13-15H,2-4,9,11-12H2,1H3,(H,25,28,30)/b19-13+. The number of aryl methyl sites for hydroxylation is 1. The number of nitrogens with one attached hydrogen (secondary N) is 1. The average Bonchev–Trinajstić information content (AvgIpc) is 3.20. The van der Waals surface area contributed by atoms with Crippen LogP contribution in [0, 0.1) is 6.92 Å². The van der Waals surface area contributed by atoms with Crippen molar-refractivity contribution < 1.29 is 14.4 Å². The summed E-state index contributed by atoms with van der Waals surface area (Å²) >= 11 is 0. The van der Waals surface area contributed by atoms with Gasteiger partial charge in [-0.05, 0) is 56.7 Å². The van der Waals surface area contributed by atoms with E-state index in [0.717, 1.165) is 35.4 Å². The minimum absolute atomic E-state index is 0.0587. The quantitative estimate of drug-likeness (QED) is 0.469. The molecule has 0 spiro atoms. The molecule has 1 aliphatic carbocycles. The Hall–Kier alpha value is -3.48. The van der Waals surface area contributed by atoms with Crippen molar-refractivity contribution in [2.45, 2.75) is 39.0 Å². The molecule has 7 nitrogen and oxygen atoms in total. The number of urea groups is 1. The third-order valence-corrected chi connectivity index (χ3v) is 5.50. The van der Waals surface area contributed by atoms with Crippen molar-refractivity contribution in [1.29, 1.82) is 0 Å². The summed E-state index contributed by atoms with van der Waals surface area (Å²) in [6.45, 7) is 2.25. The topological polar surface area (TPSA) is 84.3 Å². The molecule has 7 heteroatoms. The van der Waals surface area contributed by atoms with Crippen LogP contribution in [0.3, 0.4) is 0 Å². The first kappa shape index (κ1) is 19.8. The molecule has 2 aliphatic rings. The highest BCUT2D eigenvalue weighted by Gasteiger charge is 2.35. The zero-order valence-corrected chi connectivity index (χ0v) is 16.9. The summed E-state index contributed by atoms with van der Waals surface area (Å²) in [6, 6.07) is 7.14. The zero-order chi connectivity index (χ0) is 21.1. The van der Waals surface area contributed by atoms with E-state index in [1.807, 2.05) is 31.2 Å². The van der Waals surface area contributed by atoms with Crippen molar-refractivity contribution >= 4 is 23.9 Å². The highest BCUT2D eigenvalue weighted by Crippen LogP contribution is 2.22. The smallest absolute Gasteiger partial charge is 0.273 e. The normalized spacial score (nSPS) is 18.6. The molecule has 1 fully saturated rings. The van der Waals surface area contributed by atoms with Gasteiger partial charge in [0.25, 0.3) is 11.8 Å². The first-order valence-corrected chi connectivity index (χ1v) is 10.2. The Morgan fingerprint density at radius 2 is 2.00 bits per heavy atom. The van der Waals surface area contributed by atoms with Crippen molar-refractivity contribution in [2.24, 2.45) is 0 Å². The number of hydrogen-bond acceptors (Lipinski definition) is 4. The van der Waals surface area contributed by atoms with E-state index in [4.69, 9.17) is 0 Å². The molecule has 154 valence electrons. The van der Waals surface area contributed by atoms with Crippen LogP contribution in [0.1, 0.15) is 43.2 Å². The molecule has 4 rings (SSSR count). The van der Waals surface area contributed by atoms with Crippen LogP contribution in [0.25, 0.3) is 11.8 Å². The van der Waals surface area contributed by atoms with Crippen molar-refractivity contribution in [3.8, 4) is 5.69 Å². The summed E-state index contributed by atoms with van der Waals surface area (Å²) in [4.78, 5) is 38.5. The predicted octanol–water partition coefficient (Wildman–Crippen LogP) is 3.53. The maximum absolute atomic E-state index is 12.9. The lowest BCUT2D eigenvalue weighted by Crippen LogP contribution is -2.54. The molecule has 1 N–H and O–H groups in total. The van der Waals surface area contributed by atoms with Gasteiger partial charge in [-0.1, -0.05) is 29.8 Å². The fraction of sp³-hybridized carbons (Fsp3) is 0.304. The third-order valence-electron chi connectivity index (χ3n) is 5.50. The molecular formula is C23H24N4O3. The van der Waals surface area contributed by atoms with Gasteiger partial charge in [-0.15, -0.1) is 0 Å². The average molecular weight is 404 g/mol. The van der Waals surface area contributed by atoms with Gasteiger partial charge < -0.3 is 0 Å². The van der Waals surface area contributed by atoms with Crippen molar-refractivity contribution in [3.05, 3.63) is 65.0 Å². The Balaban J connectivity index is 1.54. The van der Waals surface area contributed by atoms with Gasteiger partial charge in [0.2, 0.25) is 0 Å². The summed E-state index contributed by atoms with van der Waals surface area (Å²) in [6.07, 6.45) is 12.0. The lowest BCUT2D eigenvalue weighted by atomic mass is 9.97. The van der Waals surface area contributed by atoms with E-state index in [2.05, 4.69) is 16.5 Å². The lowest BCUT2D eigenvalue weighted by molar-refractivity contribution is -0.130. The summed E-state index contributed by atoms with van der Waals surface area (Å²) in [5, 5.41) is 6.61. The molecule has 1 aromatic heterocycles. The monoisotopic (exact) mass is 404 g/mol. The lowest BCUT2D eigenvalue weighted by Gasteiger charge is -2.27. The van der Waals surface area contributed by atoms with Crippen LogP contribution in [0.2, 0.25) is 0 Å². The molecule has 0 unspecified atom stereocenters. The van der Waals surface area contributed by atoms with Gasteiger partial charge >= 0.3 is 6.03 Å². The molecule has 0 saturated carbocycles. The first-order valence-electron chi connectivity index (χ1n) is 10.2. The Labute approximate surface area is 175 Å². The first-order chi connectivity index (χ1) is 14.5. The highest BCUT2D eigenvalue weighted by molar-refractivity contribution is 6.31. The molecule has 0 atom stereocenters. The fourth-order valence-electron chi connectivity index (χ4n) is 3.81. The van der Waals surface area contributed by atoms with E-state index in [0.29, 0.717) is 12.0 Å². The third kappa shape index (κ3) is 4.10. The van der Waals surface area contributed by atoms with Crippen LogP contribution in [0.5, 0.6) is 0 Å². The number of rotatable bonds is 5. The minimum atomic E-state index is -0.679. The Morgan fingerprint density at radius 3 is 2.77 bits per heavy atom. The number of benzene rings is 1. The number of carbonyl (C=O) groups excluding carboxylic acids is 3. The van der Waals surface area contributed by atoms with Gasteiger partial charge in [0.1, 0.15) is 5.57 Å². The van der Waals surface area contributed by atoms with Gasteiger partial charge in [0.15, 0.2) is 0 Å². The summed E-state index contributed by atoms with van der Waals surface area (Å²) in [5.41, 5.74) is 3.79. The second-order valence-electron chi connectivity index (χ2n) is 7.64. The number of carbonyl (C=O) groups is 3. The van der Waals surface area contributed by atoms with Gasteiger partial charge in [-0.25, -0.2) is 9.48 Å². The van der Waals surface area contributed by atoms with E-state index < -0.39 is 17.8 Å². The second kappa shape index (κ2) is 8.49. The van der Waals surface area contributed by atoms with Gasteiger partial charge in [-0.3, -0.25) is 19.8 Å². The Kier molecular flexibility index (Phi) is 5.61. The number of amides is 4. The van der Waals surface area contributed by atoms with Crippen LogP contribution in [-0.4, -0.2) is 39.1 Å². The molecule has 2 heterocycles. The largest absolute Gasteiger partial charge is 0.331 e. The summed E-state index contributed by atoms with van der Waals surface area (Å²) in [7, 11) is 0. The van der Waals surface area contributed by atoms with Gasteiger partial charge in [0, 0.05) is 18.3 Å².